The van der Waals surface area contributed by atoms with E-state index in [9.17, 15) is 4.79 Å². The van der Waals surface area contributed by atoms with Crippen LogP contribution in [-0.2, 0) is 9.53 Å². The Morgan fingerprint density at radius 3 is 1.80 bits per heavy atom. The molecule has 4 heteroatoms. The van der Waals surface area contributed by atoms with Crippen LogP contribution in [-0.4, -0.2) is 35.7 Å². The second kappa shape index (κ2) is 8.85. The molecule has 25 heavy (non-hydrogen) atoms. The predicted molar refractivity (Wildman–Crippen MR) is 104 cm³/mol. The highest BCUT2D eigenvalue weighted by molar-refractivity contribution is 5.81. The molecule has 2 fully saturated rings. The Bertz CT molecular complexity index is 416. The number of carbonyl (C=O) groups excluding carboxylic acids is 1. The molecule has 4 nitrogen and oxygen atoms in total. The molecule has 2 heterocycles. The molecular formula is C21H40N2O2. The van der Waals surface area contributed by atoms with E-state index in [0.29, 0.717) is 6.61 Å². The Morgan fingerprint density at radius 1 is 0.760 bits per heavy atom. The third-order valence-corrected chi connectivity index (χ3v) is 5.57. The number of nitrogens with one attached hydrogen (secondary N) is 2. The van der Waals surface area contributed by atoms with Crippen molar-refractivity contribution < 1.29 is 9.53 Å². The average molecular weight is 353 g/mol. The summed E-state index contributed by atoms with van der Waals surface area (Å²) < 4.78 is 5.77. The first-order valence-electron chi connectivity index (χ1n) is 10.5. The molecule has 2 rings (SSSR count). The molecular weight excluding hydrogens is 312 g/mol. The van der Waals surface area contributed by atoms with Crippen molar-refractivity contribution in [2.24, 2.45) is 0 Å². The van der Waals surface area contributed by atoms with Gasteiger partial charge < -0.3 is 15.4 Å². The lowest BCUT2D eigenvalue weighted by Gasteiger charge is -2.52. The Balaban J connectivity index is 2.10. The minimum atomic E-state index is -0.557. The Hall–Kier alpha value is -0.610. The first kappa shape index (κ1) is 20.7. The molecule has 2 aliphatic rings. The smallest absolute Gasteiger partial charge is 0.326 e. The molecule has 0 amide bonds. The maximum Gasteiger partial charge on any atom is 0.326 e. The van der Waals surface area contributed by atoms with Crippen molar-refractivity contribution in [3.8, 4) is 0 Å². The van der Waals surface area contributed by atoms with Gasteiger partial charge in [0.1, 0.15) is 5.54 Å². The van der Waals surface area contributed by atoms with E-state index in [0.717, 1.165) is 32.2 Å². The second-order valence-corrected chi connectivity index (χ2v) is 9.57. The molecule has 0 aromatic heterocycles. The van der Waals surface area contributed by atoms with Gasteiger partial charge in [0.05, 0.1) is 6.61 Å². The normalized spacial score (nSPS) is 28.6. The molecule has 2 aliphatic heterocycles. The molecule has 0 radical (unpaired) electrons. The number of ether oxygens (including phenoxy) is 1. The van der Waals surface area contributed by atoms with Gasteiger partial charge in [0.15, 0.2) is 0 Å². The van der Waals surface area contributed by atoms with Gasteiger partial charge in [-0.25, -0.2) is 0 Å². The summed E-state index contributed by atoms with van der Waals surface area (Å²) in [6, 6.07) is 0. The zero-order valence-electron chi connectivity index (χ0n) is 17.0. The first-order valence-corrected chi connectivity index (χ1v) is 10.5. The van der Waals surface area contributed by atoms with Crippen LogP contribution in [0.25, 0.3) is 0 Å². The molecule has 146 valence electrons. The molecule has 2 saturated heterocycles. The van der Waals surface area contributed by atoms with Crippen LogP contribution < -0.4 is 10.6 Å². The zero-order valence-corrected chi connectivity index (χ0v) is 17.0. The molecule has 0 aliphatic carbocycles. The number of carbonyl (C=O) groups is 1. The summed E-state index contributed by atoms with van der Waals surface area (Å²) in [4.78, 5) is 13.1. The second-order valence-electron chi connectivity index (χ2n) is 9.57. The lowest BCUT2D eigenvalue weighted by molar-refractivity contribution is -0.156. The molecule has 0 aromatic carbocycles. The number of hydrogen-bond acceptors (Lipinski definition) is 4. The molecule has 0 atom stereocenters. The fourth-order valence-corrected chi connectivity index (χ4v) is 5.01. The van der Waals surface area contributed by atoms with Crippen LogP contribution in [0.2, 0.25) is 0 Å². The lowest BCUT2D eigenvalue weighted by atomic mass is 9.70. The summed E-state index contributed by atoms with van der Waals surface area (Å²) in [5.41, 5.74) is -0.730. The van der Waals surface area contributed by atoms with Gasteiger partial charge in [-0.1, -0.05) is 44.9 Å². The Kier molecular flexibility index (Phi) is 7.33. The summed E-state index contributed by atoms with van der Waals surface area (Å²) in [5, 5.41) is 7.34. The predicted octanol–water partition coefficient (Wildman–Crippen LogP) is 4.32. The number of piperidine rings is 1. The quantitative estimate of drug-likeness (QED) is 0.637. The average Bonchev–Trinajstić information content (AvgIpc) is 2.48. The zero-order chi connectivity index (χ0) is 18.4. The molecule has 0 bridgehead atoms. The molecule has 0 saturated carbocycles. The SMILES string of the molecule is CC1(C)CC2(CC(C)(C)N1)NCCCCCCCCCCCOC2=O. The summed E-state index contributed by atoms with van der Waals surface area (Å²) in [7, 11) is 0. The van der Waals surface area contributed by atoms with Crippen LogP contribution in [0, 0.1) is 0 Å². The summed E-state index contributed by atoms with van der Waals surface area (Å²) in [6.45, 7) is 10.2. The largest absolute Gasteiger partial charge is 0.464 e. The van der Waals surface area contributed by atoms with Gasteiger partial charge in [-0.2, -0.15) is 0 Å². The van der Waals surface area contributed by atoms with Crippen molar-refractivity contribution >= 4 is 5.97 Å². The van der Waals surface area contributed by atoms with Gasteiger partial charge in [0, 0.05) is 11.1 Å². The van der Waals surface area contributed by atoms with Gasteiger partial charge in [-0.15, -0.1) is 0 Å². The van der Waals surface area contributed by atoms with Gasteiger partial charge >= 0.3 is 5.97 Å². The molecule has 2 N–H and O–H groups in total. The number of esters is 1. The minimum absolute atomic E-state index is 0.0370. The van der Waals surface area contributed by atoms with Gasteiger partial charge in [-0.05, 0) is 59.9 Å². The van der Waals surface area contributed by atoms with E-state index < -0.39 is 5.54 Å². The van der Waals surface area contributed by atoms with E-state index in [4.69, 9.17) is 4.74 Å². The minimum Gasteiger partial charge on any atom is -0.464 e. The highest BCUT2D eigenvalue weighted by Gasteiger charge is 2.52. The highest BCUT2D eigenvalue weighted by Crippen LogP contribution is 2.37. The van der Waals surface area contributed by atoms with E-state index in [1.807, 2.05) is 0 Å². The van der Waals surface area contributed by atoms with Crippen LogP contribution in [0.4, 0.5) is 0 Å². The van der Waals surface area contributed by atoms with Crippen LogP contribution in [0.3, 0.4) is 0 Å². The Labute approximate surface area is 154 Å². The number of rotatable bonds is 0. The lowest BCUT2D eigenvalue weighted by Crippen LogP contribution is -2.70. The van der Waals surface area contributed by atoms with Crippen molar-refractivity contribution in [1.29, 1.82) is 0 Å². The van der Waals surface area contributed by atoms with Crippen LogP contribution in [0.5, 0.6) is 0 Å². The van der Waals surface area contributed by atoms with Crippen molar-refractivity contribution in [2.75, 3.05) is 13.2 Å². The summed E-state index contributed by atoms with van der Waals surface area (Å²) in [5.74, 6) is -0.0370. The Morgan fingerprint density at radius 2 is 1.24 bits per heavy atom. The van der Waals surface area contributed by atoms with Crippen molar-refractivity contribution in [3.63, 3.8) is 0 Å². The van der Waals surface area contributed by atoms with E-state index in [-0.39, 0.29) is 17.0 Å². The molecule has 0 aromatic rings. The third-order valence-electron chi connectivity index (χ3n) is 5.57. The topological polar surface area (TPSA) is 50.4 Å². The maximum absolute atomic E-state index is 13.1. The summed E-state index contributed by atoms with van der Waals surface area (Å²) >= 11 is 0. The van der Waals surface area contributed by atoms with Crippen molar-refractivity contribution in [1.82, 2.24) is 10.6 Å². The van der Waals surface area contributed by atoms with Crippen LogP contribution in [0.1, 0.15) is 98.3 Å². The van der Waals surface area contributed by atoms with Gasteiger partial charge in [-0.3, -0.25) is 4.79 Å². The third kappa shape index (κ3) is 6.56. The van der Waals surface area contributed by atoms with E-state index in [2.05, 4.69) is 38.3 Å². The number of hydrogen-bond donors (Lipinski definition) is 2. The van der Waals surface area contributed by atoms with E-state index in [1.54, 1.807) is 0 Å². The monoisotopic (exact) mass is 352 g/mol. The fraction of sp³-hybridized carbons (Fsp3) is 0.952. The maximum atomic E-state index is 13.1. The molecule has 1 spiro atoms. The first-order chi connectivity index (χ1) is 11.7. The van der Waals surface area contributed by atoms with Crippen LogP contribution >= 0.6 is 0 Å². The van der Waals surface area contributed by atoms with Gasteiger partial charge in [0.2, 0.25) is 0 Å². The molecule has 0 unspecified atom stereocenters. The van der Waals surface area contributed by atoms with Crippen LogP contribution in [0.15, 0.2) is 0 Å². The van der Waals surface area contributed by atoms with E-state index in [1.165, 1.54) is 44.9 Å². The van der Waals surface area contributed by atoms with Gasteiger partial charge in [0.25, 0.3) is 0 Å². The van der Waals surface area contributed by atoms with E-state index >= 15 is 0 Å². The highest BCUT2D eigenvalue weighted by atomic mass is 16.5. The van der Waals surface area contributed by atoms with Crippen molar-refractivity contribution in [3.05, 3.63) is 0 Å². The summed E-state index contributed by atoms with van der Waals surface area (Å²) in [6.07, 6.45) is 12.7. The fourth-order valence-electron chi connectivity index (χ4n) is 5.01. The number of cyclic esters (lactones) is 1. The standard InChI is InChI=1S/C21H40N2O2/c1-19(2)16-21(17-20(3,4)23-19)18(24)25-15-13-11-9-7-5-6-8-10-12-14-22-21/h22-23H,5-17H2,1-4H3. The van der Waals surface area contributed by atoms with Crippen molar-refractivity contribution in [2.45, 2.75) is 115 Å².